The number of hydrogen-bond acceptors (Lipinski definition) is 3. The minimum atomic E-state index is 0.177. The van der Waals surface area contributed by atoms with Crippen LogP contribution in [0.5, 0.6) is 11.5 Å². The molecule has 18 heavy (non-hydrogen) atoms. The number of fused-ring (bicyclic) bond motifs is 1. The summed E-state index contributed by atoms with van der Waals surface area (Å²) in [6, 6.07) is 13.5. The third-order valence-electron chi connectivity index (χ3n) is 3.19. The number of rotatable bonds is 2. The lowest BCUT2D eigenvalue weighted by Gasteiger charge is -2.09. The fraction of sp³-hybridized carbons (Fsp3) is 0.143. The van der Waals surface area contributed by atoms with Crippen LogP contribution in [0.4, 0.5) is 5.69 Å². The van der Waals surface area contributed by atoms with E-state index in [2.05, 4.69) is 12.9 Å². The Morgan fingerprint density at radius 1 is 1.22 bits per heavy atom. The summed E-state index contributed by atoms with van der Waals surface area (Å²) in [5.74, 6) is 1.48. The lowest BCUT2D eigenvalue weighted by molar-refractivity contribution is 0.333. The molecule has 0 aromatic heterocycles. The minimum absolute atomic E-state index is 0.177. The molecule has 2 aromatic rings. The van der Waals surface area contributed by atoms with Gasteiger partial charge in [0.2, 0.25) is 0 Å². The van der Waals surface area contributed by atoms with E-state index < -0.39 is 0 Å². The Bertz CT molecular complexity index is 586. The van der Waals surface area contributed by atoms with Crippen LogP contribution in [0.25, 0.3) is 0 Å². The highest BCUT2D eigenvalue weighted by molar-refractivity contribution is 6.67. The Labute approximate surface area is 107 Å². The number of hydrogen-bond donors (Lipinski definition) is 1. The highest BCUT2D eigenvalue weighted by Gasteiger charge is 2.23. The zero-order chi connectivity index (χ0) is 12.5. The van der Waals surface area contributed by atoms with Crippen LogP contribution in [0, 0.1) is 0 Å². The van der Waals surface area contributed by atoms with Crippen LogP contribution in [-0.4, -0.2) is 6.92 Å². The zero-order valence-electron chi connectivity index (χ0n) is 10.2. The van der Waals surface area contributed by atoms with Gasteiger partial charge in [0.1, 0.15) is 11.5 Å². The van der Waals surface area contributed by atoms with Gasteiger partial charge in [-0.3, -0.25) is 0 Å². The van der Waals surface area contributed by atoms with E-state index in [-0.39, 0.29) is 6.92 Å². The summed E-state index contributed by atoms with van der Waals surface area (Å²) in [5, 5.41) is 0. The van der Waals surface area contributed by atoms with Gasteiger partial charge in [0.15, 0.2) is 0 Å². The predicted molar refractivity (Wildman–Crippen MR) is 73.4 cm³/mol. The summed E-state index contributed by atoms with van der Waals surface area (Å²) in [5.41, 5.74) is 8.92. The average molecular weight is 239 g/mol. The SMILES string of the molecule is CB1OCc2cc(Oc3ccccc3N)ccc21. The molecule has 3 nitrogen and oxygen atoms in total. The van der Waals surface area contributed by atoms with Crippen molar-refractivity contribution in [3.63, 3.8) is 0 Å². The average Bonchev–Trinajstić information content (AvgIpc) is 2.74. The zero-order valence-corrected chi connectivity index (χ0v) is 10.2. The number of para-hydroxylation sites is 2. The number of ether oxygens (including phenoxy) is 1. The third kappa shape index (κ3) is 1.95. The largest absolute Gasteiger partial charge is 0.455 e. The Morgan fingerprint density at radius 2 is 2.06 bits per heavy atom. The van der Waals surface area contributed by atoms with Crippen molar-refractivity contribution in [1.82, 2.24) is 0 Å². The second-order valence-corrected chi connectivity index (χ2v) is 4.45. The van der Waals surface area contributed by atoms with Gasteiger partial charge in [0.05, 0.1) is 12.3 Å². The second kappa shape index (κ2) is 4.39. The molecule has 0 radical (unpaired) electrons. The van der Waals surface area contributed by atoms with Gasteiger partial charge < -0.3 is 15.1 Å². The number of anilines is 1. The lowest BCUT2D eigenvalue weighted by Crippen LogP contribution is -2.23. The van der Waals surface area contributed by atoms with Gasteiger partial charge in [-0.05, 0) is 35.3 Å². The van der Waals surface area contributed by atoms with Gasteiger partial charge in [-0.2, -0.15) is 0 Å². The molecule has 0 unspecified atom stereocenters. The van der Waals surface area contributed by atoms with Crippen LogP contribution in [0.15, 0.2) is 42.5 Å². The van der Waals surface area contributed by atoms with Crippen LogP contribution in [0.3, 0.4) is 0 Å². The van der Waals surface area contributed by atoms with Crippen molar-refractivity contribution in [3.05, 3.63) is 48.0 Å². The lowest BCUT2D eigenvalue weighted by atomic mass is 9.64. The molecule has 4 heteroatoms. The Morgan fingerprint density at radius 3 is 2.89 bits per heavy atom. The summed E-state index contributed by atoms with van der Waals surface area (Å²) in [4.78, 5) is 0. The summed E-state index contributed by atoms with van der Waals surface area (Å²) in [6.07, 6.45) is 0. The van der Waals surface area contributed by atoms with E-state index >= 15 is 0 Å². The Balaban J connectivity index is 1.89. The molecule has 2 N–H and O–H groups in total. The van der Waals surface area contributed by atoms with E-state index in [4.69, 9.17) is 15.1 Å². The molecule has 90 valence electrons. The maximum Gasteiger partial charge on any atom is 0.324 e. The van der Waals surface area contributed by atoms with E-state index in [1.165, 1.54) is 11.0 Å². The fourth-order valence-electron chi connectivity index (χ4n) is 2.17. The van der Waals surface area contributed by atoms with Crippen molar-refractivity contribution >= 4 is 18.1 Å². The maximum absolute atomic E-state index is 5.85. The molecule has 2 aromatic carbocycles. The van der Waals surface area contributed by atoms with Crippen LogP contribution in [0.1, 0.15) is 5.56 Å². The molecule has 3 rings (SSSR count). The minimum Gasteiger partial charge on any atom is -0.455 e. The number of benzene rings is 2. The summed E-state index contributed by atoms with van der Waals surface area (Å²) in [6.45, 7) is 2.88. The van der Waals surface area contributed by atoms with Gasteiger partial charge in [-0.1, -0.05) is 25.0 Å². The van der Waals surface area contributed by atoms with Crippen LogP contribution >= 0.6 is 0 Å². The monoisotopic (exact) mass is 239 g/mol. The molecule has 1 aliphatic rings. The molecule has 0 amide bonds. The van der Waals surface area contributed by atoms with E-state index in [0.717, 1.165) is 5.75 Å². The molecular formula is C14H14BNO2. The highest BCUT2D eigenvalue weighted by atomic mass is 16.5. The van der Waals surface area contributed by atoms with Crippen LogP contribution in [0.2, 0.25) is 6.82 Å². The van der Waals surface area contributed by atoms with E-state index in [9.17, 15) is 0 Å². The van der Waals surface area contributed by atoms with Crippen molar-refractivity contribution in [2.75, 3.05) is 5.73 Å². The Kier molecular flexibility index (Phi) is 2.72. The standard InChI is InChI=1S/C14H14BNO2/c1-15-12-7-6-11(8-10(12)9-17-15)18-14-5-3-2-4-13(14)16/h2-8H,9,16H2,1H3. The van der Waals surface area contributed by atoms with Gasteiger partial charge in [-0.15, -0.1) is 0 Å². The molecule has 0 saturated heterocycles. The Hall–Kier alpha value is -1.94. The molecule has 0 saturated carbocycles. The first kappa shape index (κ1) is 11.2. The smallest absolute Gasteiger partial charge is 0.324 e. The first-order chi connectivity index (χ1) is 8.74. The molecule has 1 heterocycles. The van der Waals surface area contributed by atoms with Crippen LogP contribution in [-0.2, 0) is 11.3 Å². The van der Waals surface area contributed by atoms with E-state index in [1.54, 1.807) is 0 Å². The van der Waals surface area contributed by atoms with Crippen molar-refractivity contribution in [1.29, 1.82) is 0 Å². The van der Waals surface area contributed by atoms with E-state index in [1.807, 2.05) is 36.4 Å². The van der Waals surface area contributed by atoms with Crippen molar-refractivity contribution in [2.45, 2.75) is 13.4 Å². The highest BCUT2D eigenvalue weighted by Crippen LogP contribution is 2.28. The number of nitrogen functional groups attached to an aromatic ring is 1. The van der Waals surface area contributed by atoms with Gasteiger partial charge in [0, 0.05) is 0 Å². The van der Waals surface area contributed by atoms with Crippen molar-refractivity contribution < 1.29 is 9.39 Å². The number of nitrogens with two attached hydrogens (primary N) is 1. The van der Waals surface area contributed by atoms with E-state index in [0.29, 0.717) is 18.0 Å². The van der Waals surface area contributed by atoms with Crippen molar-refractivity contribution in [3.8, 4) is 11.5 Å². The summed E-state index contributed by atoms with van der Waals surface area (Å²) >= 11 is 0. The first-order valence-corrected chi connectivity index (χ1v) is 6.01. The van der Waals surface area contributed by atoms with Crippen molar-refractivity contribution in [2.24, 2.45) is 0 Å². The molecule has 0 aliphatic carbocycles. The molecular weight excluding hydrogens is 225 g/mol. The summed E-state index contributed by atoms with van der Waals surface area (Å²) < 4.78 is 11.4. The van der Waals surface area contributed by atoms with Gasteiger partial charge in [-0.25, -0.2) is 0 Å². The molecule has 1 aliphatic heterocycles. The maximum atomic E-state index is 5.85. The first-order valence-electron chi connectivity index (χ1n) is 6.01. The molecule has 0 atom stereocenters. The second-order valence-electron chi connectivity index (χ2n) is 4.45. The third-order valence-corrected chi connectivity index (χ3v) is 3.19. The fourth-order valence-corrected chi connectivity index (χ4v) is 2.17. The van der Waals surface area contributed by atoms with Gasteiger partial charge >= 0.3 is 6.92 Å². The quantitative estimate of drug-likeness (QED) is 0.646. The normalized spacial score (nSPS) is 13.5. The topological polar surface area (TPSA) is 44.5 Å². The molecule has 0 spiro atoms. The molecule has 0 fully saturated rings. The van der Waals surface area contributed by atoms with Gasteiger partial charge in [0.25, 0.3) is 0 Å². The summed E-state index contributed by atoms with van der Waals surface area (Å²) in [7, 11) is 0. The molecule has 0 bridgehead atoms. The van der Waals surface area contributed by atoms with Crippen LogP contribution < -0.4 is 15.9 Å². The predicted octanol–water partition coefficient (Wildman–Crippen LogP) is 2.42.